The molecule has 1 aliphatic heterocycles. The molecule has 1 heterocycles. The molecule has 238 valence electrons. The highest BCUT2D eigenvalue weighted by Gasteiger charge is 2.31. The molecule has 10 heteroatoms. The van der Waals surface area contributed by atoms with Crippen LogP contribution in [-0.2, 0) is 25.6 Å². The molecule has 3 aromatic rings. The molecule has 1 aliphatic rings. The zero-order chi connectivity index (χ0) is 32.8. The van der Waals surface area contributed by atoms with E-state index in [1.165, 1.54) is 12.1 Å². The Kier molecular flexibility index (Phi) is 13.0. The number of aliphatic carboxylic acids is 1. The van der Waals surface area contributed by atoms with Crippen LogP contribution < -0.4 is 9.64 Å². The molecule has 0 fully saturated rings. The van der Waals surface area contributed by atoms with Gasteiger partial charge in [-0.3, -0.25) is 14.9 Å². The van der Waals surface area contributed by atoms with Gasteiger partial charge in [-0.05, 0) is 52.9 Å². The summed E-state index contributed by atoms with van der Waals surface area (Å²) in [4.78, 5) is 35.9. The van der Waals surface area contributed by atoms with Crippen molar-refractivity contribution in [1.82, 2.24) is 0 Å². The predicted molar refractivity (Wildman–Crippen MR) is 174 cm³/mol. The number of hydrogen-bond donors (Lipinski definition) is 1. The molecule has 1 amide bonds. The zero-order valence-electron chi connectivity index (χ0n) is 26.1. The highest BCUT2D eigenvalue weighted by Crippen LogP contribution is 2.37. The molecule has 4 rings (SSSR count). The Morgan fingerprint density at radius 2 is 1.53 bits per heavy atom. The van der Waals surface area contributed by atoms with Crippen LogP contribution in [0.4, 0.5) is 11.4 Å². The third-order valence-electron chi connectivity index (χ3n) is 5.97. The van der Waals surface area contributed by atoms with Gasteiger partial charge in [0.2, 0.25) is 0 Å². The molecule has 10 nitrogen and oxygen atoms in total. The summed E-state index contributed by atoms with van der Waals surface area (Å²) in [6, 6.07) is 21.3. The number of anilines is 1. The molecule has 0 unspecified atom stereocenters. The van der Waals surface area contributed by atoms with Crippen LogP contribution in [0.15, 0.2) is 84.9 Å². The molecule has 0 spiro atoms. The summed E-state index contributed by atoms with van der Waals surface area (Å²) in [7, 11) is 0. The quantitative estimate of drug-likeness (QED) is 0.0908. The number of hydrogen-bond acceptors (Lipinski definition) is 7. The summed E-state index contributed by atoms with van der Waals surface area (Å²) in [5, 5.41) is 19.4. The van der Waals surface area contributed by atoms with Crippen LogP contribution >= 0.6 is 0 Å². The topological polar surface area (TPSA) is 128 Å². The van der Waals surface area contributed by atoms with Crippen LogP contribution in [-0.4, -0.2) is 54.9 Å². The van der Waals surface area contributed by atoms with Crippen molar-refractivity contribution in [2.24, 2.45) is 5.41 Å². The number of rotatable bonds is 14. The third kappa shape index (κ3) is 12.0. The second kappa shape index (κ2) is 16.9. The van der Waals surface area contributed by atoms with E-state index >= 15 is 0 Å². The van der Waals surface area contributed by atoms with Crippen molar-refractivity contribution in [3.05, 3.63) is 112 Å². The van der Waals surface area contributed by atoms with Crippen molar-refractivity contribution < 1.29 is 33.8 Å². The van der Waals surface area contributed by atoms with Crippen molar-refractivity contribution in [2.45, 2.75) is 34.2 Å². The second-order valence-electron chi connectivity index (χ2n) is 11.7. The fourth-order valence-electron chi connectivity index (χ4n) is 4.06. The van der Waals surface area contributed by atoms with Gasteiger partial charge in [0.15, 0.2) is 0 Å². The molecule has 0 aliphatic carbocycles. The number of allylic oxidation sites excluding steroid dienone is 2. The van der Waals surface area contributed by atoms with Gasteiger partial charge < -0.3 is 24.2 Å². The molecular weight excluding hydrogens is 576 g/mol. The summed E-state index contributed by atoms with van der Waals surface area (Å²) in [6.45, 7) is 9.94. The minimum atomic E-state index is -1.02. The standard InChI is InChI=1S/C30H28N2O8.C5H12/c33-29(34)21-39-17-16-38-18-19-40-25-14-10-23(11-15-25)20-31-28-7-2-1-5-26(28)27(30(31)35)6-3-4-22-8-12-24(13-9-22)32(36)37;1-5(2,3)4/h1-15H,16-21H2,(H,33,34);1-4H3/b4-3+,27-6-;. The van der Waals surface area contributed by atoms with Crippen molar-refractivity contribution >= 4 is 34.9 Å². The van der Waals surface area contributed by atoms with Crippen LogP contribution in [0.1, 0.15) is 44.4 Å². The number of fused-ring (bicyclic) bond motifs is 1. The Labute approximate surface area is 263 Å². The van der Waals surface area contributed by atoms with E-state index in [2.05, 4.69) is 27.7 Å². The maximum Gasteiger partial charge on any atom is 0.329 e. The van der Waals surface area contributed by atoms with E-state index in [0.29, 0.717) is 36.5 Å². The average Bonchev–Trinajstić information content (AvgIpc) is 3.24. The second-order valence-corrected chi connectivity index (χ2v) is 11.7. The monoisotopic (exact) mass is 616 g/mol. The van der Waals surface area contributed by atoms with Crippen LogP contribution in [0.3, 0.4) is 0 Å². The van der Waals surface area contributed by atoms with Gasteiger partial charge in [0.1, 0.15) is 19.0 Å². The van der Waals surface area contributed by atoms with Gasteiger partial charge in [0.25, 0.3) is 11.6 Å². The molecular formula is C35H40N2O8. The Bertz CT molecular complexity index is 1480. The predicted octanol–water partition coefficient (Wildman–Crippen LogP) is 6.79. The summed E-state index contributed by atoms with van der Waals surface area (Å²) in [6.07, 6.45) is 5.33. The van der Waals surface area contributed by atoms with E-state index in [4.69, 9.17) is 19.3 Å². The SMILES string of the molecule is CC(C)(C)C.O=C(O)COCCOCCOc1ccc(CN2C(=O)/C(=C\C=C\c3ccc([N+](=O)[O-])cc3)c3ccccc32)cc1. The third-order valence-corrected chi connectivity index (χ3v) is 5.97. The first-order valence-electron chi connectivity index (χ1n) is 14.6. The Hall–Kier alpha value is -4.80. The lowest BCUT2D eigenvalue weighted by atomic mass is 10.0. The summed E-state index contributed by atoms with van der Waals surface area (Å²) in [5.74, 6) is -0.463. The molecule has 1 N–H and O–H groups in total. The number of non-ortho nitro benzene ring substituents is 1. The fraction of sp³-hybridized carbons (Fsp3) is 0.314. The number of carbonyl (C=O) groups excluding carboxylic acids is 1. The fourth-order valence-corrected chi connectivity index (χ4v) is 4.06. The first-order valence-corrected chi connectivity index (χ1v) is 14.6. The largest absolute Gasteiger partial charge is 0.491 e. The van der Waals surface area contributed by atoms with Gasteiger partial charge in [-0.15, -0.1) is 0 Å². The van der Waals surface area contributed by atoms with E-state index in [0.717, 1.165) is 22.4 Å². The highest BCUT2D eigenvalue weighted by atomic mass is 16.6. The molecule has 0 radical (unpaired) electrons. The lowest BCUT2D eigenvalue weighted by Gasteiger charge is -2.17. The van der Waals surface area contributed by atoms with Crippen LogP contribution in [0.2, 0.25) is 0 Å². The van der Waals surface area contributed by atoms with Gasteiger partial charge >= 0.3 is 5.97 Å². The zero-order valence-corrected chi connectivity index (χ0v) is 26.1. The molecule has 45 heavy (non-hydrogen) atoms. The number of carboxylic acid groups (broad SMARTS) is 1. The van der Waals surface area contributed by atoms with E-state index in [1.54, 1.807) is 35.3 Å². The van der Waals surface area contributed by atoms with Gasteiger partial charge in [0.05, 0.1) is 37.0 Å². The smallest absolute Gasteiger partial charge is 0.329 e. The Morgan fingerprint density at radius 1 is 0.911 bits per heavy atom. The molecule has 0 saturated carbocycles. The van der Waals surface area contributed by atoms with Gasteiger partial charge in [-0.2, -0.15) is 0 Å². The number of nitrogens with zero attached hydrogens (tertiary/aromatic N) is 2. The molecule has 3 aromatic carbocycles. The number of amides is 1. The Balaban J connectivity index is 0.00000102. The van der Waals surface area contributed by atoms with Crippen LogP contribution in [0.25, 0.3) is 11.6 Å². The van der Waals surface area contributed by atoms with Gasteiger partial charge in [-0.1, -0.05) is 70.2 Å². The maximum absolute atomic E-state index is 13.4. The van der Waals surface area contributed by atoms with E-state index in [-0.39, 0.29) is 31.4 Å². The van der Waals surface area contributed by atoms with E-state index < -0.39 is 10.9 Å². The van der Waals surface area contributed by atoms with Crippen molar-refractivity contribution in [1.29, 1.82) is 0 Å². The minimum Gasteiger partial charge on any atom is -0.491 e. The molecule has 0 bridgehead atoms. The maximum atomic E-state index is 13.4. The van der Waals surface area contributed by atoms with Crippen LogP contribution in [0.5, 0.6) is 5.75 Å². The van der Waals surface area contributed by atoms with E-state index in [1.807, 2.05) is 48.5 Å². The normalized spacial score (nSPS) is 13.5. The number of ether oxygens (including phenoxy) is 3. The number of nitro groups is 1. The van der Waals surface area contributed by atoms with E-state index in [9.17, 15) is 19.7 Å². The number of carbonyl (C=O) groups is 2. The van der Waals surface area contributed by atoms with Gasteiger partial charge in [-0.25, -0.2) is 4.79 Å². The Morgan fingerprint density at radius 3 is 2.18 bits per heavy atom. The first kappa shape index (κ1) is 34.7. The summed E-state index contributed by atoms with van der Waals surface area (Å²) >= 11 is 0. The first-order chi connectivity index (χ1) is 21.4. The summed E-state index contributed by atoms with van der Waals surface area (Å²) < 4.78 is 15.9. The molecule has 0 saturated heterocycles. The van der Waals surface area contributed by atoms with Crippen molar-refractivity contribution in [2.75, 3.05) is 37.9 Å². The molecule has 0 atom stereocenters. The highest BCUT2D eigenvalue weighted by molar-refractivity contribution is 6.32. The van der Waals surface area contributed by atoms with Crippen LogP contribution in [0, 0.1) is 15.5 Å². The summed E-state index contributed by atoms with van der Waals surface area (Å²) in [5.41, 5.74) is 4.49. The number of benzene rings is 3. The average molecular weight is 617 g/mol. The number of carboxylic acids is 1. The van der Waals surface area contributed by atoms with Gasteiger partial charge in [0, 0.05) is 23.3 Å². The lowest BCUT2D eigenvalue weighted by molar-refractivity contribution is -0.384. The minimum absolute atomic E-state index is 0.0249. The number of para-hydroxylation sites is 1. The lowest BCUT2D eigenvalue weighted by Crippen LogP contribution is -2.25. The van der Waals surface area contributed by atoms with Crippen molar-refractivity contribution in [3.8, 4) is 5.75 Å². The number of nitro benzene ring substituents is 1. The van der Waals surface area contributed by atoms with Crippen molar-refractivity contribution in [3.63, 3.8) is 0 Å². The molecule has 0 aromatic heterocycles.